The molecule has 1 atom stereocenters. The summed E-state index contributed by atoms with van der Waals surface area (Å²) in [5.41, 5.74) is -1.41. The molecule has 1 heterocycles. The predicted molar refractivity (Wildman–Crippen MR) is 79.5 cm³/mol. The molecule has 2 N–H and O–H groups in total. The average molecular weight is 334 g/mol. The Morgan fingerprint density at radius 1 is 1.22 bits per heavy atom. The second kappa shape index (κ2) is 6.75. The van der Waals surface area contributed by atoms with Gasteiger partial charge in [0.1, 0.15) is 5.82 Å². The Kier molecular flexibility index (Phi) is 5.33. The summed E-state index contributed by atoms with van der Waals surface area (Å²) in [4.78, 5) is 2.08. The first-order valence-corrected chi connectivity index (χ1v) is 7.59. The normalized spacial score (nSPS) is 18.9. The Labute approximate surface area is 133 Å². The molecule has 23 heavy (non-hydrogen) atoms. The van der Waals surface area contributed by atoms with Crippen LogP contribution < -0.4 is 5.32 Å². The van der Waals surface area contributed by atoms with Crippen LogP contribution in [0, 0.1) is 11.2 Å². The molecule has 1 aliphatic heterocycles. The van der Waals surface area contributed by atoms with Crippen molar-refractivity contribution in [1.29, 1.82) is 0 Å². The Bertz CT molecular complexity index is 539. The van der Waals surface area contributed by atoms with E-state index in [1.807, 2.05) is 13.8 Å². The van der Waals surface area contributed by atoms with Crippen molar-refractivity contribution in [3.05, 3.63) is 35.1 Å². The highest BCUT2D eigenvalue weighted by atomic mass is 19.4. The van der Waals surface area contributed by atoms with Gasteiger partial charge < -0.3 is 10.4 Å². The van der Waals surface area contributed by atoms with Gasteiger partial charge >= 0.3 is 6.18 Å². The van der Waals surface area contributed by atoms with Crippen LogP contribution in [0.1, 0.15) is 31.0 Å². The van der Waals surface area contributed by atoms with Crippen LogP contribution in [0.3, 0.4) is 0 Å². The lowest BCUT2D eigenvalue weighted by Gasteiger charge is -2.43. The van der Waals surface area contributed by atoms with Crippen LogP contribution in [-0.4, -0.2) is 42.8 Å². The zero-order valence-electron chi connectivity index (χ0n) is 13.3. The van der Waals surface area contributed by atoms with E-state index >= 15 is 0 Å². The molecule has 0 aliphatic carbocycles. The molecule has 1 aromatic rings. The minimum absolute atomic E-state index is 0.149. The van der Waals surface area contributed by atoms with Crippen molar-refractivity contribution in [1.82, 2.24) is 10.2 Å². The van der Waals surface area contributed by atoms with Gasteiger partial charge in [0.15, 0.2) is 0 Å². The van der Waals surface area contributed by atoms with Gasteiger partial charge in [0.25, 0.3) is 0 Å². The van der Waals surface area contributed by atoms with Crippen molar-refractivity contribution in [2.45, 2.75) is 26.1 Å². The van der Waals surface area contributed by atoms with Crippen LogP contribution >= 0.6 is 0 Å². The Balaban J connectivity index is 2.41. The molecule has 0 saturated carbocycles. The van der Waals surface area contributed by atoms with E-state index in [1.165, 1.54) is 6.07 Å². The third kappa shape index (κ3) is 4.02. The van der Waals surface area contributed by atoms with E-state index in [0.29, 0.717) is 18.7 Å². The van der Waals surface area contributed by atoms with Crippen molar-refractivity contribution < 1.29 is 22.7 Å². The minimum Gasteiger partial charge on any atom is -0.396 e. The summed E-state index contributed by atoms with van der Waals surface area (Å²) in [5.74, 6) is -1.27. The van der Waals surface area contributed by atoms with Crippen LogP contribution in [0.2, 0.25) is 0 Å². The number of nitrogens with one attached hydrogen (secondary N) is 1. The smallest absolute Gasteiger partial charge is 0.396 e. The number of nitrogens with zero attached hydrogens (tertiary/aromatic N) is 1. The molecule has 0 bridgehead atoms. The average Bonchev–Trinajstić information content (AvgIpc) is 2.47. The van der Waals surface area contributed by atoms with Gasteiger partial charge in [-0.3, -0.25) is 4.90 Å². The molecule has 2 rings (SSSR count). The highest BCUT2D eigenvalue weighted by Crippen LogP contribution is 2.40. The third-order valence-electron chi connectivity index (χ3n) is 4.28. The molecule has 1 aliphatic rings. The van der Waals surface area contributed by atoms with Crippen LogP contribution in [-0.2, 0) is 6.18 Å². The molecule has 3 nitrogen and oxygen atoms in total. The van der Waals surface area contributed by atoms with E-state index in [2.05, 4.69) is 10.2 Å². The summed E-state index contributed by atoms with van der Waals surface area (Å²) in [5, 5.41) is 12.9. The lowest BCUT2D eigenvalue weighted by atomic mass is 9.79. The molecular weight excluding hydrogens is 312 g/mol. The predicted octanol–water partition coefficient (Wildman–Crippen LogP) is 2.81. The van der Waals surface area contributed by atoms with Crippen LogP contribution in [0.15, 0.2) is 18.2 Å². The number of benzene rings is 1. The van der Waals surface area contributed by atoms with Crippen molar-refractivity contribution in [3.8, 4) is 0 Å². The standard InChI is InChI=1S/C16H22F4N2O/c1-15(2,10-23)14(22-7-5-21-6-8-22)11-3-4-12(13(17)9-11)16(18,19)20/h3-4,9,14,21,23H,5-8,10H2,1-2H3/t14-/m1/s1. The van der Waals surface area contributed by atoms with Gasteiger partial charge in [-0.15, -0.1) is 0 Å². The molecule has 0 aromatic heterocycles. The first-order valence-electron chi connectivity index (χ1n) is 7.59. The number of aliphatic hydroxyl groups is 1. The monoisotopic (exact) mass is 334 g/mol. The van der Waals surface area contributed by atoms with Gasteiger partial charge in [-0.05, 0) is 17.7 Å². The van der Waals surface area contributed by atoms with Gasteiger partial charge in [-0.25, -0.2) is 4.39 Å². The zero-order chi connectivity index (χ0) is 17.3. The highest BCUT2D eigenvalue weighted by molar-refractivity contribution is 5.30. The Hall–Kier alpha value is -1.18. The molecular formula is C16H22F4N2O. The second-order valence-electron chi connectivity index (χ2n) is 6.57. The number of alkyl halides is 3. The maximum Gasteiger partial charge on any atom is 0.419 e. The Morgan fingerprint density at radius 3 is 2.30 bits per heavy atom. The van der Waals surface area contributed by atoms with Crippen molar-refractivity contribution in [3.63, 3.8) is 0 Å². The van der Waals surface area contributed by atoms with E-state index in [1.54, 1.807) is 0 Å². The number of hydrogen-bond acceptors (Lipinski definition) is 3. The fourth-order valence-electron chi connectivity index (χ4n) is 3.11. The SMILES string of the molecule is CC(C)(CO)[C@@H](c1ccc(C(F)(F)F)c(F)c1)N1CCNCC1. The zero-order valence-corrected chi connectivity index (χ0v) is 13.3. The molecule has 130 valence electrons. The van der Waals surface area contributed by atoms with Crippen molar-refractivity contribution in [2.24, 2.45) is 5.41 Å². The molecule has 0 spiro atoms. The van der Waals surface area contributed by atoms with Crippen LogP contribution in [0.4, 0.5) is 17.6 Å². The van der Waals surface area contributed by atoms with E-state index in [9.17, 15) is 22.7 Å². The maximum atomic E-state index is 14.0. The van der Waals surface area contributed by atoms with E-state index in [0.717, 1.165) is 25.2 Å². The maximum absolute atomic E-state index is 14.0. The molecule has 0 unspecified atom stereocenters. The molecule has 1 aromatic carbocycles. The molecule has 0 amide bonds. The number of piperazine rings is 1. The van der Waals surface area contributed by atoms with Crippen LogP contribution in [0.25, 0.3) is 0 Å². The molecule has 1 saturated heterocycles. The van der Waals surface area contributed by atoms with Gasteiger partial charge in [0, 0.05) is 44.2 Å². The van der Waals surface area contributed by atoms with E-state index in [4.69, 9.17) is 0 Å². The van der Waals surface area contributed by atoms with Gasteiger partial charge in [-0.2, -0.15) is 13.2 Å². The minimum atomic E-state index is -4.71. The quantitative estimate of drug-likeness (QED) is 0.831. The summed E-state index contributed by atoms with van der Waals surface area (Å²) in [7, 11) is 0. The van der Waals surface area contributed by atoms with Gasteiger partial charge in [-0.1, -0.05) is 19.9 Å². The van der Waals surface area contributed by atoms with E-state index in [-0.39, 0.29) is 12.6 Å². The van der Waals surface area contributed by atoms with Gasteiger partial charge in [0.05, 0.1) is 5.56 Å². The van der Waals surface area contributed by atoms with E-state index < -0.39 is 23.0 Å². The molecule has 0 radical (unpaired) electrons. The summed E-state index contributed by atoms with van der Waals surface area (Å²) in [6.07, 6.45) is -4.71. The summed E-state index contributed by atoms with van der Waals surface area (Å²) < 4.78 is 52.2. The molecule has 7 heteroatoms. The topological polar surface area (TPSA) is 35.5 Å². The third-order valence-corrected chi connectivity index (χ3v) is 4.28. The first-order chi connectivity index (χ1) is 10.7. The van der Waals surface area contributed by atoms with Gasteiger partial charge in [0.2, 0.25) is 0 Å². The fraction of sp³-hybridized carbons (Fsp3) is 0.625. The second-order valence-corrected chi connectivity index (χ2v) is 6.57. The highest BCUT2D eigenvalue weighted by Gasteiger charge is 2.38. The fourth-order valence-corrected chi connectivity index (χ4v) is 3.11. The van der Waals surface area contributed by atoms with Crippen LogP contribution in [0.5, 0.6) is 0 Å². The summed E-state index contributed by atoms with van der Waals surface area (Å²) in [6, 6.07) is 2.70. The van der Waals surface area contributed by atoms with Crippen molar-refractivity contribution in [2.75, 3.05) is 32.8 Å². The Morgan fingerprint density at radius 2 is 1.83 bits per heavy atom. The number of rotatable bonds is 4. The number of hydrogen-bond donors (Lipinski definition) is 2. The lowest BCUT2D eigenvalue weighted by Crippen LogP contribution is -2.49. The largest absolute Gasteiger partial charge is 0.419 e. The molecule has 1 fully saturated rings. The summed E-state index contributed by atoms with van der Waals surface area (Å²) >= 11 is 0. The summed E-state index contributed by atoms with van der Waals surface area (Å²) in [6.45, 7) is 6.39. The number of halogens is 4. The lowest BCUT2D eigenvalue weighted by molar-refractivity contribution is -0.140. The first kappa shape index (κ1) is 18.2. The number of aliphatic hydroxyl groups excluding tert-OH is 1. The van der Waals surface area contributed by atoms with Crippen molar-refractivity contribution >= 4 is 0 Å².